The quantitative estimate of drug-likeness (QED) is 0.794. The van der Waals surface area contributed by atoms with E-state index in [0.29, 0.717) is 36.2 Å². The Labute approximate surface area is 152 Å². The van der Waals surface area contributed by atoms with Crippen molar-refractivity contribution in [3.8, 4) is 0 Å². The molecule has 1 fully saturated rings. The minimum atomic E-state index is -0.560. The summed E-state index contributed by atoms with van der Waals surface area (Å²) in [4.78, 5) is 19.3. The number of aliphatic hydroxyl groups excluding tert-OH is 1. The SMILES string of the molecule is COC(=O)c1sc(N2CCOCC2CC(O)c2cccs2)nc1Cl. The van der Waals surface area contributed by atoms with Gasteiger partial charge in [-0.2, -0.15) is 0 Å². The van der Waals surface area contributed by atoms with Crippen molar-refractivity contribution in [2.24, 2.45) is 0 Å². The molecule has 9 heteroatoms. The van der Waals surface area contributed by atoms with E-state index in [1.54, 1.807) is 0 Å². The van der Waals surface area contributed by atoms with Gasteiger partial charge in [-0.15, -0.1) is 11.3 Å². The minimum absolute atomic E-state index is 0.0384. The van der Waals surface area contributed by atoms with Gasteiger partial charge in [0.25, 0.3) is 0 Å². The molecule has 2 aromatic heterocycles. The van der Waals surface area contributed by atoms with E-state index in [1.807, 2.05) is 22.4 Å². The number of morpholine rings is 1. The predicted molar refractivity (Wildman–Crippen MR) is 94.3 cm³/mol. The maximum Gasteiger partial charge on any atom is 0.351 e. The molecule has 0 spiro atoms. The lowest BCUT2D eigenvalue weighted by Crippen LogP contribution is -2.46. The van der Waals surface area contributed by atoms with Crippen LogP contribution in [0.1, 0.15) is 27.1 Å². The van der Waals surface area contributed by atoms with Crippen LogP contribution in [0.3, 0.4) is 0 Å². The van der Waals surface area contributed by atoms with Crippen molar-refractivity contribution >= 4 is 45.4 Å². The molecule has 0 saturated carbocycles. The van der Waals surface area contributed by atoms with Gasteiger partial charge in [0.1, 0.15) is 0 Å². The minimum Gasteiger partial charge on any atom is -0.465 e. The number of esters is 1. The van der Waals surface area contributed by atoms with Gasteiger partial charge in [-0.1, -0.05) is 29.0 Å². The fourth-order valence-corrected chi connectivity index (χ4v) is 4.61. The van der Waals surface area contributed by atoms with Gasteiger partial charge in [0.2, 0.25) is 0 Å². The summed E-state index contributed by atoms with van der Waals surface area (Å²) in [6, 6.07) is 3.80. The molecular weight excluding hydrogens is 372 g/mol. The van der Waals surface area contributed by atoms with E-state index < -0.39 is 12.1 Å². The van der Waals surface area contributed by atoms with Crippen molar-refractivity contribution in [1.82, 2.24) is 4.98 Å². The average molecular weight is 389 g/mol. The average Bonchev–Trinajstić information content (AvgIpc) is 3.24. The number of anilines is 1. The molecule has 24 heavy (non-hydrogen) atoms. The fraction of sp³-hybridized carbons (Fsp3) is 0.467. The van der Waals surface area contributed by atoms with E-state index in [4.69, 9.17) is 21.1 Å². The van der Waals surface area contributed by atoms with Crippen LogP contribution >= 0.6 is 34.3 Å². The molecular formula is C15H17ClN2O4S2. The van der Waals surface area contributed by atoms with Crippen molar-refractivity contribution in [2.75, 3.05) is 31.8 Å². The largest absolute Gasteiger partial charge is 0.465 e. The lowest BCUT2D eigenvalue weighted by atomic mass is 10.1. The monoisotopic (exact) mass is 388 g/mol. The van der Waals surface area contributed by atoms with Crippen molar-refractivity contribution in [2.45, 2.75) is 18.6 Å². The summed E-state index contributed by atoms with van der Waals surface area (Å²) in [6.45, 7) is 1.69. The third-order valence-electron chi connectivity index (χ3n) is 3.79. The third kappa shape index (κ3) is 3.73. The van der Waals surface area contributed by atoms with Gasteiger partial charge in [0, 0.05) is 17.8 Å². The topological polar surface area (TPSA) is 71.9 Å². The van der Waals surface area contributed by atoms with Crippen LogP contribution in [0.5, 0.6) is 0 Å². The lowest BCUT2D eigenvalue weighted by molar-refractivity contribution is 0.0606. The van der Waals surface area contributed by atoms with Gasteiger partial charge in [-0.25, -0.2) is 9.78 Å². The van der Waals surface area contributed by atoms with E-state index in [-0.39, 0.29) is 11.2 Å². The number of carbonyl (C=O) groups excluding carboxylic acids is 1. The number of hydrogen-bond donors (Lipinski definition) is 1. The Balaban J connectivity index is 1.78. The molecule has 1 saturated heterocycles. The van der Waals surface area contributed by atoms with E-state index >= 15 is 0 Å². The predicted octanol–water partition coefficient (Wildman–Crippen LogP) is 2.97. The Morgan fingerprint density at radius 1 is 1.67 bits per heavy atom. The Bertz CT molecular complexity index is 692. The molecule has 1 N–H and O–H groups in total. The Kier molecular flexibility index (Phi) is 5.72. The number of ether oxygens (including phenoxy) is 2. The fourth-order valence-electron chi connectivity index (χ4n) is 2.59. The highest BCUT2D eigenvalue weighted by molar-refractivity contribution is 7.18. The van der Waals surface area contributed by atoms with Gasteiger partial charge >= 0.3 is 5.97 Å². The molecule has 2 unspecified atom stereocenters. The summed E-state index contributed by atoms with van der Waals surface area (Å²) >= 11 is 8.79. The molecule has 1 aliphatic rings. The number of halogens is 1. The second-order valence-corrected chi connectivity index (χ2v) is 7.61. The molecule has 1 aliphatic heterocycles. The highest BCUT2D eigenvalue weighted by atomic mass is 35.5. The van der Waals surface area contributed by atoms with Gasteiger partial charge in [0.05, 0.1) is 32.5 Å². The highest BCUT2D eigenvalue weighted by Crippen LogP contribution is 2.34. The summed E-state index contributed by atoms with van der Waals surface area (Å²) in [5.74, 6) is -0.493. The molecule has 130 valence electrons. The summed E-state index contributed by atoms with van der Waals surface area (Å²) < 4.78 is 10.3. The summed E-state index contributed by atoms with van der Waals surface area (Å²) in [5, 5.41) is 13.2. The van der Waals surface area contributed by atoms with Crippen LogP contribution < -0.4 is 4.90 Å². The molecule has 3 rings (SSSR count). The molecule has 0 aromatic carbocycles. The molecule has 0 bridgehead atoms. The Hall–Kier alpha value is -1.19. The van der Waals surface area contributed by atoms with Crippen molar-refractivity contribution in [3.63, 3.8) is 0 Å². The number of rotatable bonds is 5. The van der Waals surface area contributed by atoms with Crippen molar-refractivity contribution in [1.29, 1.82) is 0 Å². The first-order valence-electron chi connectivity index (χ1n) is 7.40. The summed E-state index contributed by atoms with van der Waals surface area (Å²) in [6.07, 6.45) is -0.0413. The first-order chi connectivity index (χ1) is 11.6. The zero-order valence-electron chi connectivity index (χ0n) is 13.0. The second kappa shape index (κ2) is 7.79. The lowest BCUT2D eigenvalue weighted by Gasteiger charge is -2.36. The van der Waals surface area contributed by atoms with E-state index in [9.17, 15) is 9.90 Å². The van der Waals surface area contributed by atoms with Crippen LogP contribution in [-0.2, 0) is 9.47 Å². The smallest absolute Gasteiger partial charge is 0.351 e. The number of carbonyl (C=O) groups is 1. The number of methoxy groups -OCH3 is 1. The Morgan fingerprint density at radius 3 is 3.21 bits per heavy atom. The van der Waals surface area contributed by atoms with Crippen LogP contribution in [0.15, 0.2) is 17.5 Å². The zero-order valence-corrected chi connectivity index (χ0v) is 15.4. The first-order valence-corrected chi connectivity index (χ1v) is 9.48. The van der Waals surface area contributed by atoms with Crippen LogP contribution in [0.4, 0.5) is 5.13 Å². The number of thiophene rings is 1. The molecule has 2 atom stereocenters. The molecule has 0 radical (unpaired) electrons. The van der Waals surface area contributed by atoms with E-state index in [1.165, 1.54) is 29.8 Å². The Morgan fingerprint density at radius 2 is 2.50 bits per heavy atom. The third-order valence-corrected chi connectivity index (χ3v) is 6.22. The summed E-state index contributed by atoms with van der Waals surface area (Å²) in [5.41, 5.74) is 0. The maximum atomic E-state index is 11.7. The van der Waals surface area contributed by atoms with Crippen molar-refractivity contribution in [3.05, 3.63) is 32.4 Å². The summed E-state index contributed by atoms with van der Waals surface area (Å²) in [7, 11) is 1.31. The maximum absolute atomic E-state index is 11.7. The number of aromatic nitrogens is 1. The van der Waals surface area contributed by atoms with Gasteiger partial charge in [-0.05, 0) is 11.4 Å². The van der Waals surface area contributed by atoms with Crippen LogP contribution in [-0.4, -0.2) is 49.0 Å². The van der Waals surface area contributed by atoms with E-state index in [2.05, 4.69) is 4.98 Å². The van der Waals surface area contributed by atoms with Gasteiger partial charge < -0.3 is 19.5 Å². The standard InChI is InChI=1S/C15H17ClN2O4S2/c1-21-14(20)12-13(16)17-15(24-12)18-4-5-22-8-9(18)7-10(19)11-3-2-6-23-11/h2-3,6,9-10,19H,4-5,7-8H2,1H3. The van der Waals surface area contributed by atoms with Crippen molar-refractivity contribution < 1.29 is 19.4 Å². The normalized spacial score (nSPS) is 19.3. The van der Waals surface area contributed by atoms with Crippen LogP contribution in [0.25, 0.3) is 0 Å². The number of hydrogen-bond acceptors (Lipinski definition) is 8. The molecule has 0 amide bonds. The first kappa shape index (κ1) is 17.6. The molecule has 3 heterocycles. The van der Waals surface area contributed by atoms with Crippen LogP contribution in [0, 0.1) is 0 Å². The number of nitrogens with zero attached hydrogens (tertiary/aromatic N) is 2. The molecule has 6 nitrogen and oxygen atoms in total. The van der Waals surface area contributed by atoms with Crippen LogP contribution in [0.2, 0.25) is 5.15 Å². The van der Waals surface area contributed by atoms with Gasteiger partial charge in [-0.3, -0.25) is 0 Å². The number of thiazole rings is 1. The zero-order chi connectivity index (χ0) is 17.1. The molecule has 0 aliphatic carbocycles. The van der Waals surface area contributed by atoms with E-state index in [0.717, 1.165) is 4.88 Å². The molecule has 2 aromatic rings. The second-order valence-electron chi connectivity index (χ2n) is 5.30. The number of aliphatic hydroxyl groups is 1. The van der Waals surface area contributed by atoms with Gasteiger partial charge in [0.15, 0.2) is 15.2 Å². The highest BCUT2D eigenvalue weighted by Gasteiger charge is 2.30.